The van der Waals surface area contributed by atoms with Crippen molar-refractivity contribution >= 4 is 17.6 Å². The largest absolute Gasteiger partial charge is 0.383 e. The van der Waals surface area contributed by atoms with Gasteiger partial charge in [0, 0.05) is 11.3 Å². The zero-order valence-electron chi connectivity index (χ0n) is 17.7. The summed E-state index contributed by atoms with van der Waals surface area (Å²) in [5.74, 6) is 0.808. The summed E-state index contributed by atoms with van der Waals surface area (Å²) < 4.78 is 0. The molecule has 2 N–H and O–H groups in total. The third kappa shape index (κ3) is 4.48. The topological polar surface area (TPSA) is 86.5 Å². The molecule has 0 aliphatic heterocycles. The van der Waals surface area contributed by atoms with Crippen LogP contribution in [-0.2, 0) is 11.2 Å². The van der Waals surface area contributed by atoms with Crippen LogP contribution in [-0.4, -0.2) is 4.98 Å². The monoisotopic (exact) mass is 412 g/mol. The van der Waals surface area contributed by atoms with Gasteiger partial charge in [0.05, 0.1) is 5.56 Å². The van der Waals surface area contributed by atoms with E-state index in [2.05, 4.69) is 62.2 Å². The number of nitrogen functional groups attached to an aromatic ring is 1. The van der Waals surface area contributed by atoms with E-state index in [9.17, 15) is 10.5 Å². The van der Waals surface area contributed by atoms with Crippen molar-refractivity contribution in [1.29, 1.82) is 10.5 Å². The molecule has 0 aliphatic rings. The summed E-state index contributed by atoms with van der Waals surface area (Å²) in [5, 5.41) is 20.1. The highest BCUT2D eigenvalue weighted by Gasteiger charge is 2.20. The number of nitriles is 2. The molecule has 0 atom stereocenters. The summed E-state index contributed by atoms with van der Waals surface area (Å²) >= 11 is 1.46. The number of nitrogens with two attached hydrogens (primary N) is 1. The van der Waals surface area contributed by atoms with Gasteiger partial charge >= 0.3 is 0 Å². The fourth-order valence-electron chi connectivity index (χ4n) is 3.16. The summed E-state index contributed by atoms with van der Waals surface area (Å²) in [5.41, 5.74) is 11.7. The third-order valence-electron chi connectivity index (χ3n) is 4.95. The van der Waals surface area contributed by atoms with Gasteiger partial charge in [0.15, 0.2) is 0 Å². The Morgan fingerprint density at radius 1 is 0.933 bits per heavy atom. The molecule has 4 nitrogen and oxygen atoms in total. The highest BCUT2D eigenvalue weighted by Crippen LogP contribution is 2.36. The van der Waals surface area contributed by atoms with Gasteiger partial charge in [-0.05, 0) is 29.0 Å². The Hall–Kier alpha value is -3.28. The second-order valence-corrected chi connectivity index (χ2v) is 9.22. The zero-order valence-corrected chi connectivity index (χ0v) is 18.5. The van der Waals surface area contributed by atoms with Gasteiger partial charge in [-0.2, -0.15) is 10.5 Å². The van der Waals surface area contributed by atoms with E-state index in [1.165, 1.54) is 17.3 Å². The fourth-order valence-corrected chi connectivity index (χ4v) is 4.11. The van der Waals surface area contributed by atoms with Crippen molar-refractivity contribution in [2.24, 2.45) is 0 Å². The summed E-state index contributed by atoms with van der Waals surface area (Å²) in [6.07, 6.45) is 0. The van der Waals surface area contributed by atoms with Crippen molar-refractivity contribution in [3.8, 4) is 23.3 Å². The number of rotatable bonds is 4. The van der Waals surface area contributed by atoms with Crippen molar-refractivity contribution in [3.05, 3.63) is 76.3 Å². The number of hydrogen-bond donors (Lipinski definition) is 1. The Morgan fingerprint density at radius 3 is 2.07 bits per heavy atom. The molecule has 5 heteroatoms. The van der Waals surface area contributed by atoms with E-state index in [1.807, 2.05) is 31.2 Å². The molecule has 0 unspecified atom stereocenters. The van der Waals surface area contributed by atoms with Crippen LogP contribution in [0.15, 0.2) is 53.6 Å². The summed E-state index contributed by atoms with van der Waals surface area (Å²) in [6.45, 7) is 8.55. The van der Waals surface area contributed by atoms with Gasteiger partial charge in [-0.3, -0.25) is 0 Å². The number of anilines is 1. The smallest absolute Gasteiger partial charge is 0.143 e. The van der Waals surface area contributed by atoms with Crippen molar-refractivity contribution in [2.75, 3.05) is 5.73 Å². The Labute approximate surface area is 182 Å². The minimum Gasteiger partial charge on any atom is -0.383 e. The van der Waals surface area contributed by atoms with Crippen LogP contribution < -0.4 is 5.73 Å². The van der Waals surface area contributed by atoms with Crippen molar-refractivity contribution in [2.45, 2.75) is 43.9 Å². The van der Waals surface area contributed by atoms with Gasteiger partial charge in [-0.25, -0.2) is 4.98 Å². The first-order valence-electron chi connectivity index (χ1n) is 9.67. The lowest BCUT2D eigenvalue weighted by atomic mass is 9.87. The van der Waals surface area contributed by atoms with E-state index in [0.29, 0.717) is 21.9 Å². The standard InChI is InChI=1S/C25H24N4S/c1-16-5-9-18(10-6-16)22-20(13-26)23(28)29-24(21(22)14-27)30-15-17-7-11-19(12-8-17)25(2,3)4/h5-12H,15H2,1-4H3,(H2,28,29). The maximum atomic E-state index is 9.90. The molecule has 0 radical (unpaired) electrons. The summed E-state index contributed by atoms with van der Waals surface area (Å²) in [7, 11) is 0. The van der Waals surface area contributed by atoms with Gasteiger partial charge in [-0.15, -0.1) is 11.8 Å². The molecule has 1 aromatic heterocycles. The fraction of sp³-hybridized carbons (Fsp3) is 0.240. The molecule has 3 aromatic rings. The number of thioether (sulfide) groups is 1. The Bertz CT molecular complexity index is 1140. The van der Waals surface area contributed by atoms with Gasteiger partial charge < -0.3 is 5.73 Å². The molecule has 0 aliphatic carbocycles. The molecule has 0 saturated heterocycles. The molecule has 0 amide bonds. The molecule has 0 spiro atoms. The average Bonchev–Trinajstić information content (AvgIpc) is 2.72. The van der Waals surface area contributed by atoms with Crippen molar-refractivity contribution in [3.63, 3.8) is 0 Å². The molecule has 0 bridgehead atoms. The normalized spacial score (nSPS) is 11.0. The van der Waals surface area contributed by atoms with Crippen LogP contribution in [0.5, 0.6) is 0 Å². The van der Waals surface area contributed by atoms with Crippen LogP contribution in [0.4, 0.5) is 5.82 Å². The van der Waals surface area contributed by atoms with Crippen molar-refractivity contribution in [1.82, 2.24) is 4.98 Å². The highest BCUT2D eigenvalue weighted by atomic mass is 32.2. The van der Waals surface area contributed by atoms with Crippen LogP contribution in [0.1, 0.15) is 48.6 Å². The SMILES string of the molecule is Cc1ccc(-c2c(C#N)c(N)nc(SCc3ccc(C(C)(C)C)cc3)c2C#N)cc1. The number of benzene rings is 2. The molecule has 0 fully saturated rings. The number of nitrogens with zero attached hydrogens (tertiary/aromatic N) is 3. The van der Waals surface area contributed by atoms with E-state index in [-0.39, 0.29) is 16.8 Å². The molecular formula is C25H24N4S. The number of aromatic nitrogens is 1. The van der Waals surface area contributed by atoms with E-state index in [0.717, 1.165) is 16.7 Å². The number of hydrogen-bond acceptors (Lipinski definition) is 5. The molecule has 2 aromatic carbocycles. The van der Waals surface area contributed by atoms with Crippen LogP contribution in [0, 0.1) is 29.6 Å². The molecule has 150 valence electrons. The van der Waals surface area contributed by atoms with Crippen molar-refractivity contribution < 1.29 is 0 Å². The van der Waals surface area contributed by atoms with E-state index in [4.69, 9.17) is 5.73 Å². The average molecular weight is 413 g/mol. The molecule has 0 saturated carbocycles. The lowest BCUT2D eigenvalue weighted by molar-refractivity contribution is 0.590. The molecule has 3 rings (SSSR count). The first-order valence-corrected chi connectivity index (χ1v) is 10.7. The van der Waals surface area contributed by atoms with Gasteiger partial charge in [0.1, 0.15) is 28.5 Å². The lowest BCUT2D eigenvalue weighted by Gasteiger charge is -2.19. The zero-order chi connectivity index (χ0) is 21.9. The first-order chi connectivity index (χ1) is 14.2. The van der Waals surface area contributed by atoms with Crippen LogP contribution in [0.25, 0.3) is 11.1 Å². The Morgan fingerprint density at radius 2 is 1.53 bits per heavy atom. The quantitative estimate of drug-likeness (QED) is 0.533. The predicted molar refractivity (Wildman–Crippen MR) is 123 cm³/mol. The lowest BCUT2D eigenvalue weighted by Crippen LogP contribution is -2.10. The van der Waals surface area contributed by atoms with Crippen LogP contribution in [0.3, 0.4) is 0 Å². The first kappa shape index (κ1) is 21.4. The predicted octanol–water partition coefficient (Wildman–Crippen LogP) is 5.97. The highest BCUT2D eigenvalue weighted by molar-refractivity contribution is 7.98. The van der Waals surface area contributed by atoms with Gasteiger partial charge in [-0.1, -0.05) is 74.9 Å². The summed E-state index contributed by atoms with van der Waals surface area (Å²) in [4.78, 5) is 4.39. The summed E-state index contributed by atoms with van der Waals surface area (Å²) in [6, 6.07) is 20.6. The third-order valence-corrected chi connectivity index (χ3v) is 6.00. The van der Waals surface area contributed by atoms with Gasteiger partial charge in [0.25, 0.3) is 0 Å². The van der Waals surface area contributed by atoms with E-state index < -0.39 is 0 Å². The Balaban J connectivity index is 1.99. The molecule has 30 heavy (non-hydrogen) atoms. The number of aryl methyl sites for hydroxylation is 1. The maximum Gasteiger partial charge on any atom is 0.143 e. The van der Waals surface area contributed by atoms with Crippen LogP contribution in [0.2, 0.25) is 0 Å². The second-order valence-electron chi connectivity index (χ2n) is 8.25. The van der Waals surface area contributed by atoms with Gasteiger partial charge in [0.2, 0.25) is 0 Å². The maximum absolute atomic E-state index is 9.90. The van der Waals surface area contributed by atoms with E-state index >= 15 is 0 Å². The number of pyridine rings is 1. The minimum atomic E-state index is 0.103. The second kappa shape index (κ2) is 8.61. The van der Waals surface area contributed by atoms with E-state index in [1.54, 1.807) is 0 Å². The molecular weight excluding hydrogens is 388 g/mol. The van der Waals surface area contributed by atoms with Crippen LogP contribution >= 0.6 is 11.8 Å². The molecule has 1 heterocycles. The Kier molecular flexibility index (Phi) is 6.15. The minimum absolute atomic E-state index is 0.103.